The Bertz CT molecular complexity index is 1220. The molecule has 0 amide bonds. The van der Waals surface area contributed by atoms with Gasteiger partial charge < -0.3 is 4.74 Å². The average molecular weight is 581 g/mol. The Labute approximate surface area is 225 Å². The van der Waals surface area contributed by atoms with E-state index in [0.29, 0.717) is 49.0 Å². The average Bonchev–Trinajstić information content (AvgIpc) is 2.84. The van der Waals surface area contributed by atoms with E-state index in [2.05, 4.69) is 10.2 Å². The van der Waals surface area contributed by atoms with Crippen molar-refractivity contribution in [3.8, 4) is 0 Å². The van der Waals surface area contributed by atoms with E-state index in [1.54, 1.807) is 0 Å². The van der Waals surface area contributed by atoms with Gasteiger partial charge in [-0.1, -0.05) is 43.1 Å². The van der Waals surface area contributed by atoms with Crippen LogP contribution in [0.3, 0.4) is 0 Å². The number of piperazine rings is 1. The maximum atomic E-state index is 13.9. The van der Waals surface area contributed by atoms with Gasteiger partial charge in [0.05, 0.1) is 30.0 Å². The number of rotatable bonds is 6. The molecule has 2 aliphatic heterocycles. The molecule has 2 aromatic carbocycles. The number of benzene rings is 2. The van der Waals surface area contributed by atoms with Crippen molar-refractivity contribution in [2.24, 2.45) is 0 Å². The van der Waals surface area contributed by atoms with Gasteiger partial charge in [0.25, 0.3) is 0 Å². The highest BCUT2D eigenvalue weighted by Gasteiger charge is 2.40. The van der Waals surface area contributed by atoms with Crippen LogP contribution in [0, 0.1) is 0 Å². The molecule has 2 aromatic rings. The Morgan fingerprint density at radius 3 is 2.43 bits per heavy atom. The van der Waals surface area contributed by atoms with Crippen LogP contribution >= 0.6 is 23.2 Å². The van der Waals surface area contributed by atoms with Gasteiger partial charge in [0.2, 0.25) is 10.0 Å². The van der Waals surface area contributed by atoms with Crippen LogP contribution < -0.4 is 5.32 Å². The van der Waals surface area contributed by atoms with E-state index in [9.17, 15) is 21.6 Å². The minimum absolute atomic E-state index is 0.0186. The number of halogens is 5. The molecule has 0 aromatic heterocycles. The zero-order valence-electron chi connectivity index (χ0n) is 20.6. The SMILES string of the molecule is CC(C)c1cc(C(F)(F)F)ccc1CC1CNC(N2CCOCC2)CN1S(=O)(=O)c1ccc(Cl)cc1Cl. The van der Waals surface area contributed by atoms with Gasteiger partial charge in [0.15, 0.2) is 0 Å². The third kappa shape index (κ3) is 6.43. The van der Waals surface area contributed by atoms with Crippen LogP contribution in [0.25, 0.3) is 0 Å². The normalized spacial score (nSPS) is 22.5. The Morgan fingerprint density at radius 1 is 1.11 bits per heavy atom. The maximum Gasteiger partial charge on any atom is 0.416 e. The van der Waals surface area contributed by atoms with E-state index in [1.165, 1.54) is 34.6 Å². The van der Waals surface area contributed by atoms with E-state index in [0.717, 1.165) is 6.07 Å². The van der Waals surface area contributed by atoms with Crippen LogP contribution in [0.5, 0.6) is 0 Å². The molecule has 2 aliphatic rings. The summed E-state index contributed by atoms with van der Waals surface area (Å²) in [6.45, 7) is 6.57. The summed E-state index contributed by atoms with van der Waals surface area (Å²) in [4.78, 5) is 2.09. The first kappa shape index (κ1) is 28.6. The molecule has 0 bridgehead atoms. The van der Waals surface area contributed by atoms with Crippen LogP contribution in [0.15, 0.2) is 41.3 Å². The molecule has 204 valence electrons. The second-order valence-corrected chi connectivity index (χ2v) is 12.3. The summed E-state index contributed by atoms with van der Waals surface area (Å²) in [5.74, 6) is -0.175. The lowest BCUT2D eigenvalue weighted by Gasteiger charge is -2.44. The zero-order valence-corrected chi connectivity index (χ0v) is 22.9. The molecule has 0 saturated carbocycles. The van der Waals surface area contributed by atoms with Crippen molar-refractivity contribution in [1.82, 2.24) is 14.5 Å². The van der Waals surface area contributed by atoms with Crippen LogP contribution in [0.2, 0.25) is 10.0 Å². The van der Waals surface area contributed by atoms with Gasteiger partial charge in [-0.25, -0.2) is 8.42 Å². The zero-order chi connectivity index (χ0) is 27.0. The minimum atomic E-state index is -4.46. The lowest BCUT2D eigenvalue weighted by Crippen LogP contribution is -2.65. The van der Waals surface area contributed by atoms with Gasteiger partial charge in [0.1, 0.15) is 4.90 Å². The molecule has 0 spiro atoms. The predicted octanol–water partition coefficient (Wildman–Crippen LogP) is 5.00. The van der Waals surface area contributed by atoms with Gasteiger partial charge in [-0.05, 0) is 53.8 Å². The van der Waals surface area contributed by atoms with E-state index in [4.69, 9.17) is 27.9 Å². The Kier molecular flexibility index (Phi) is 8.79. The lowest BCUT2D eigenvalue weighted by atomic mass is 9.91. The monoisotopic (exact) mass is 579 g/mol. The molecule has 4 rings (SSSR count). The number of sulfonamides is 1. The fourth-order valence-electron chi connectivity index (χ4n) is 4.92. The largest absolute Gasteiger partial charge is 0.416 e. The topological polar surface area (TPSA) is 61.9 Å². The summed E-state index contributed by atoms with van der Waals surface area (Å²) < 4.78 is 74.9. The predicted molar refractivity (Wildman–Crippen MR) is 138 cm³/mol. The minimum Gasteiger partial charge on any atom is -0.379 e. The quantitative estimate of drug-likeness (QED) is 0.522. The van der Waals surface area contributed by atoms with E-state index < -0.39 is 27.8 Å². The van der Waals surface area contributed by atoms with E-state index >= 15 is 0 Å². The fraction of sp³-hybridized carbons (Fsp3) is 0.520. The Morgan fingerprint density at radius 2 is 1.81 bits per heavy atom. The van der Waals surface area contributed by atoms with Crippen molar-refractivity contribution in [2.45, 2.75) is 49.5 Å². The second kappa shape index (κ2) is 11.4. The number of nitrogens with one attached hydrogen (secondary N) is 1. The molecule has 2 heterocycles. The summed E-state index contributed by atoms with van der Waals surface area (Å²) >= 11 is 12.3. The number of nitrogens with zero attached hydrogens (tertiary/aromatic N) is 2. The molecule has 0 aliphatic carbocycles. The van der Waals surface area contributed by atoms with Crippen molar-refractivity contribution >= 4 is 33.2 Å². The first-order valence-electron chi connectivity index (χ1n) is 12.1. The summed E-state index contributed by atoms with van der Waals surface area (Å²) in [6, 6.07) is 7.41. The number of morpholine rings is 1. The molecule has 0 radical (unpaired) electrons. The third-order valence-corrected chi connectivity index (χ3v) is 9.50. The highest BCUT2D eigenvalue weighted by Crippen LogP contribution is 2.35. The van der Waals surface area contributed by atoms with Gasteiger partial charge in [-0.15, -0.1) is 0 Å². The highest BCUT2D eigenvalue weighted by molar-refractivity contribution is 7.89. The molecule has 2 atom stereocenters. The van der Waals surface area contributed by atoms with Gasteiger partial charge >= 0.3 is 6.18 Å². The number of alkyl halides is 3. The van der Waals surface area contributed by atoms with Crippen molar-refractivity contribution in [3.63, 3.8) is 0 Å². The van der Waals surface area contributed by atoms with Crippen molar-refractivity contribution in [2.75, 3.05) is 39.4 Å². The molecule has 6 nitrogen and oxygen atoms in total. The summed E-state index contributed by atoms with van der Waals surface area (Å²) in [5, 5.41) is 3.79. The molecule has 2 unspecified atom stereocenters. The first-order valence-corrected chi connectivity index (χ1v) is 14.3. The molecular weight excluding hydrogens is 550 g/mol. The Balaban J connectivity index is 1.70. The number of ether oxygens (including phenoxy) is 1. The van der Waals surface area contributed by atoms with Crippen LogP contribution in [0.4, 0.5) is 13.2 Å². The van der Waals surface area contributed by atoms with Crippen molar-refractivity contribution in [1.29, 1.82) is 0 Å². The lowest BCUT2D eigenvalue weighted by molar-refractivity contribution is -0.137. The molecule has 37 heavy (non-hydrogen) atoms. The maximum absolute atomic E-state index is 13.9. The first-order chi connectivity index (χ1) is 17.4. The van der Waals surface area contributed by atoms with E-state index in [-0.39, 0.29) is 35.0 Å². The highest BCUT2D eigenvalue weighted by atomic mass is 35.5. The molecular formula is C25H30Cl2F3N3O3S. The van der Waals surface area contributed by atoms with Crippen LogP contribution in [-0.2, 0) is 27.4 Å². The molecule has 1 N–H and O–H groups in total. The summed E-state index contributed by atoms with van der Waals surface area (Å²) in [5.41, 5.74) is 0.514. The van der Waals surface area contributed by atoms with Crippen LogP contribution in [0.1, 0.15) is 36.5 Å². The Hall–Kier alpha value is -1.40. The number of hydrogen-bond donors (Lipinski definition) is 1. The van der Waals surface area contributed by atoms with Gasteiger partial charge in [0, 0.05) is 37.2 Å². The molecule has 2 fully saturated rings. The van der Waals surface area contributed by atoms with Crippen molar-refractivity contribution in [3.05, 3.63) is 63.1 Å². The molecule has 2 saturated heterocycles. The van der Waals surface area contributed by atoms with Crippen molar-refractivity contribution < 1.29 is 26.3 Å². The number of hydrogen-bond acceptors (Lipinski definition) is 5. The standard InChI is InChI=1S/C25H30Cl2F3N3O3S/c1-16(2)21-12-18(25(28,29)30)4-3-17(21)11-20-14-31-24(32-7-9-36-10-8-32)15-33(20)37(34,35)23-6-5-19(26)13-22(23)27/h3-6,12-13,16,20,24,31H,7-11,14-15H2,1-2H3. The second-order valence-electron chi connectivity index (χ2n) is 9.65. The fourth-order valence-corrected chi connectivity index (χ4v) is 7.30. The summed E-state index contributed by atoms with van der Waals surface area (Å²) in [7, 11) is -4.05. The third-order valence-electron chi connectivity index (χ3n) is 6.87. The smallest absolute Gasteiger partial charge is 0.379 e. The molecule has 12 heteroatoms. The summed E-state index contributed by atoms with van der Waals surface area (Å²) in [6.07, 6.45) is -4.45. The van der Waals surface area contributed by atoms with Crippen LogP contribution in [-0.4, -0.2) is 69.2 Å². The van der Waals surface area contributed by atoms with Gasteiger partial charge in [-0.2, -0.15) is 17.5 Å². The van der Waals surface area contributed by atoms with Gasteiger partial charge in [-0.3, -0.25) is 10.2 Å². The van der Waals surface area contributed by atoms with E-state index in [1.807, 2.05) is 13.8 Å².